The molecule has 8 heteroatoms. The van der Waals surface area contributed by atoms with E-state index < -0.39 is 11.2 Å². The van der Waals surface area contributed by atoms with E-state index in [2.05, 4.69) is 9.97 Å². The molecule has 0 fully saturated rings. The van der Waals surface area contributed by atoms with Crippen molar-refractivity contribution in [3.05, 3.63) is 178 Å². The Morgan fingerprint density at radius 1 is 0.591 bits per heavy atom. The molecule has 0 aliphatic carbocycles. The van der Waals surface area contributed by atoms with Crippen molar-refractivity contribution in [1.82, 2.24) is 19.1 Å². The Labute approximate surface area is 267 Å². The number of rotatable bonds is 8. The molecular weight excluding hydrogens is 591 g/mol. The van der Waals surface area contributed by atoms with Crippen molar-refractivity contribution in [3.63, 3.8) is 0 Å². The maximum atomic E-state index is 11.7. The molecule has 0 spiro atoms. The molecule has 0 amide bonds. The van der Waals surface area contributed by atoms with Crippen LogP contribution in [0.5, 0.6) is 0 Å². The topological polar surface area (TPSA) is 76.1 Å². The van der Waals surface area contributed by atoms with Crippen LogP contribution in [0.4, 0.5) is 0 Å². The highest BCUT2D eigenvalue weighted by atomic mass is 35.5. The van der Waals surface area contributed by atoms with E-state index in [1.54, 1.807) is 10.8 Å². The minimum atomic E-state index is -1.44. The lowest BCUT2D eigenvalue weighted by Gasteiger charge is -2.29. The van der Waals surface area contributed by atoms with Gasteiger partial charge in [0, 0.05) is 25.5 Å². The second-order valence-electron chi connectivity index (χ2n) is 10.2. The number of aryl methyl sites for hydroxylation is 1. The van der Waals surface area contributed by atoms with Crippen molar-refractivity contribution in [2.75, 3.05) is 0 Å². The molecule has 0 saturated carbocycles. The van der Waals surface area contributed by atoms with Gasteiger partial charge in [0.25, 0.3) is 0 Å². The second kappa shape index (κ2) is 13.6. The molecular formula is C36H34Cl2N4O2. The summed E-state index contributed by atoms with van der Waals surface area (Å²) >= 11 is 12.4. The third-order valence-electron chi connectivity index (χ3n) is 7.65. The summed E-state index contributed by atoms with van der Waals surface area (Å²) in [6.45, 7) is 5.29. The Balaban J connectivity index is 0.000000175. The van der Waals surface area contributed by atoms with Gasteiger partial charge in [-0.15, -0.1) is 0 Å². The van der Waals surface area contributed by atoms with Crippen LogP contribution >= 0.6 is 23.2 Å². The van der Waals surface area contributed by atoms with Crippen LogP contribution in [0.2, 0.25) is 10.3 Å². The number of aromatic nitrogens is 4. The monoisotopic (exact) mass is 624 g/mol. The van der Waals surface area contributed by atoms with Gasteiger partial charge in [0.05, 0.1) is 0 Å². The Morgan fingerprint density at radius 3 is 1.34 bits per heavy atom. The summed E-state index contributed by atoms with van der Waals surface area (Å²) in [5, 5.41) is 23.7. The number of benzene rings is 4. The third-order valence-corrected chi connectivity index (χ3v) is 8.40. The SMILES string of the molecule is CCn1c(C(O)(c2ccccc2)c2ccccc2)nc(Cl)c1Cl.CCn1ccnc1C(O)(c1ccccc1)c1ccccc1. The van der Waals surface area contributed by atoms with Gasteiger partial charge in [-0.25, -0.2) is 9.97 Å². The number of imidazole rings is 2. The Morgan fingerprint density at radius 2 is 0.977 bits per heavy atom. The molecule has 4 aromatic carbocycles. The lowest BCUT2D eigenvalue weighted by atomic mass is 9.85. The molecule has 224 valence electrons. The highest BCUT2D eigenvalue weighted by molar-refractivity contribution is 6.40. The zero-order valence-electron chi connectivity index (χ0n) is 24.6. The average Bonchev–Trinajstić information content (AvgIpc) is 3.70. The largest absolute Gasteiger partial charge is 0.373 e. The molecule has 0 aliphatic heterocycles. The first-order chi connectivity index (χ1) is 21.3. The minimum Gasteiger partial charge on any atom is -0.373 e. The predicted octanol–water partition coefficient (Wildman–Crippen LogP) is 7.68. The van der Waals surface area contributed by atoms with Crippen LogP contribution in [0.1, 0.15) is 47.8 Å². The first-order valence-electron chi connectivity index (χ1n) is 14.5. The standard InChI is InChI=1S/C18H16Cl2N2O.C18H18N2O/c1-2-22-16(20)15(19)21-17(22)18(23,13-9-5-3-6-10-13)14-11-7-4-8-12-14;1-2-20-14-13-19-17(20)18(21,15-9-5-3-6-10-15)16-11-7-4-8-12-16/h3-12,23H,2H2,1H3;3-14,21H,2H2,1H3. The van der Waals surface area contributed by atoms with Crippen LogP contribution in [0.3, 0.4) is 0 Å². The number of nitrogens with zero attached hydrogens (tertiary/aromatic N) is 4. The maximum absolute atomic E-state index is 11.7. The van der Waals surface area contributed by atoms with Gasteiger partial charge in [0.2, 0.25) is 0 Å². The van der Waals surface area contributed by atoms with Crippen LogP contribution < -0.4 is 0 Å². The fourth-order valence-electron chi connectivity index (χ4n) is 5.42. The van der Waals surface area contributed by atoms with Crippen LogP contribution in [0.25, 0.3) is 0 Å². The first kappa shape index (κ1) is 31.2. The van der Waals surface area contributed by atoms with Crippen molar-refractivity contribution in [2.24, 2.45) is 0 Å². The number of hydrogen-bond acceptors (Lipinski definition) is 4. The van der Waals surface area contributed by atoms with Crippen LogP contribution in [-0.4, -0.2) is 29.3 Å². The lowest BCUT2D eigenvalue weighted by Crippen LogP contribution is -2.32. The van der Waals surface area contributed by atoms with Gasteiger partial charge in [-0.3, -0.25) is 0 Å². The molecule has 0 bridgehead atoms. The maximum Gasteiger partial charge on any atom is 0.173 e. The highest BCUT2D eigenvalue weighted by Gasteiger charge is 2.40. The van der Waals surface area contributed by atoms with Crippen molar-refractivity contribution < 1.29 is 10.2 Å². The van der Waals surface area contributed by atoms with Crippen LogP contribution in [-0.2, 0) is 24.3 Å². The summed E-state index contributed by atoms with van der Waals surface area (Å²) in [6.07, 6.45) is 3.63. The molecule has 0 unspecified atom stereocenters. The van der Waals surface area contributed by atoms with Crippen LogP contribution in [0.15, 0.2) is 134 Å². The molecule has 44 heavy (non-hydrogen) atoms. The molecule has 0 aliphatic rings. The molecule has 6 rings (SSSR count). The molecule has 6 nitrogen and oxygen atoms in total. The Bertz CT molecular complexity index is 1690. The molecule has 0 atom stereocenters. The Hall–Kier alpha value is -4.20. The molecule has 6 aromatic rings. The zero-order chi connectivity index (χ0) is 31.2. The van der Waals surface area contributed by atoms with E-state index in [0.717, 1.165) is 17.7 Å². The molecule has 2 heterocycles. The summed E-state index contributed by atoms with van der Waals surface area (Å²) in [5.74, 6) is 1.05. The lowest BCUT2D eigenvalue weighted by molar-refractivity contribution is 0.111. The van der Waals surface area contributed by atoms with Gasteiger partial charge in [-0.2, -0.15) is 0 Å². The fourth-order valence-corrected chi connectivity index (χ4v) is 5.85. The van der Waals surface area contributed by atoms with E-state index in [4.69, 9.17) is 23.2 Å². The number of aliphatic hydroxyl groups is 2. The van der Waals surface area contributed by atoms with E-state index in [9.17, 15) is 10.2 Å². The quantitative estimate of drug-likeness (QED) is 0.182. The molecule has 2 aromatic heterocycles. The average molecular weight is 626 g/mol. The van der Waals surface area contributed by atoms with E-state index in [-0.39, 0.29) is 5.15 Å². The Kier molecular flexibility index (Phi) is 9.67. The van der Waals surface area contributed by atoms with Gasteiger partial charge in [0.15, 0.2) is 22.2 Å². The van der Waals surface area contributed by atoms with Crippen molar-refractivity contribution >= 4 is 23.2 Å². The third kappa shape index (κ3) is 5.82. The van der Waals surface area contributed by atoms with E-state index in [1.807, 2.05) is 146 Å². The summed E-state index contributed by atoms with van der Waals surface area (Å²) in [5.41, 5.74) is 0.366. The molecule has 0 radical (unpaired) electrons. The highest BCUT2D eigenvalue weighted by Crippen LogP contribution is 2.39. The van der Waals surface area contributed by atoms with Gasteiger partial charge >= 0.3 is 0 Å². The van der Waals surface area contributed by atoms with Gasteiger partial charge in [-0.05, 0) is 36.1 Å². The van der Waals surface area contributed by atoms with Crippen molar-refractivity contribution in [3.8, 4) is 0 Å². The predicted molar refractivity (Wildman–Crippen MR) is 176 cm³/mol. The number of halogens is 2. The van der Waals surface area contributed by atoms with Crippen molar-refractivity contribution in [1.29, 1.82) is 0 Å². The van der Waals surface area contributed by atoms with Crippen molar-refractivity contribution in [2.45, 2.75) is 38.1 Å². The van der Waals surface area contributed by atoms with Gasteiger partial charge < -0.3 is 19.3 Å². The minimum absolute atomic E-state index is 0.189. The first-order valence-corrected chi connectivity index (χ1v) is 15.2. The molecule has 0 saturated heterocycles. The molecule has 2 N–H and O–H groups in total. The summed E-state index contributed by atoms with van der Waals surface area (Å²) in [7, 11) is 0. The van der Waals surface area contributed by atoms with Crippen LogP contribution in [0, 0.1) is 0 Å². The van der Waals surface area contributed by atoms with E-state index in [1.165, 1.54) is 0 Å². The smallest absolute Gasteiger partial charge is 0.173 e. The zero-order valence-corrected chi connectivity index (χ0v) is 26.1. The van der Waals surface area contributed by atoms with Gasteiger partial charge in [0.1, 0.15) is 11.0 Å². The fraction of sp³-hybridized carbons (Fsp3) is 0.167. The number of hydrogen-bond donors (Lipinski definition) is 2. The normalized spacial score (nSPS) is 11.6. The van der Waals surface area contributed by atoms with E-state index in [0.29, 0.717) is 34.5 Å². The summed E-state index contributed by atoms with van der Waals surface area (Å²) < 4.78 is 3.70. The summed E-state index contributed by atoms with van der Waals surface area (Å²) in [4.78, 5) is 8.78. The van der Waals surface area contributed by atoms with E-state index >= 15 is 0 Å². The van der Waals surface area contributed by atoms with Gasteiger partial charge in [-0.1, -0.05) is 145 Å². The summed E-state index contributed by atoms with van der Waals surface area (Å²) in [6, 6.07) is 38.1. The second-order valence-corrected chi connectivity index (χ2v) is 10.9.